The fourth-order valence-corrected chi connectivity index (χ4v) is 3.50. The highest BCUT2D eigenvalue weighted by Crippen LogP contribution is 2.15. The molecule has 0 atom stereocenters. The van der Waals surface area contributed by atoms with Gasteiger partial charge in [-0.25, -0.2) is 17.5 Å². The van der Waals surface area contributed by atoms with E-state index in [0.29, 0.717) is 10.6 Å². The van der Waals surface area contributed by atoms with E-state index in [9.17, 15) is 17.6 Å². The van der Waals surface area contributed by atoms with Gasteiger partial charge in [-0.15, -0.1) is 0 Å². The number of carbonyl (C=O) groups excluding carboxylic acids is 1. The van der Waals surface area contributed by atoms with E-state index in [1.165, 1.54) is 29.2 Å². The predicted molar refractivity (Wildman–Crippen MR) is 94.1 cm³/mol. The van der Waals surface area contributed by atoms with Crippen molar-refractivity contribution in [3.8, 4) is 0 Å². The lowest BCUT2D eigenvalue weighted by Crippen LogP contribution is -2.32. The second-order valence-corrected chi connectivity index (χ2v) is 7.65. The minimum atomic E-state index is -3.73. The van der Waals surface area contributed by atoms with Crippen molar-refractivity contribution in [3.05, 3.63) is 64.9 Å². The molecule has 0 aliphatic heterocycles. The number of hydrogen-bond donors (Lipinski definition) is 1. The fourth-order valence-electron chi connectivity index (χ4n) is 2.17. The molecule has 25 heavy (non-hydrogen) atoms. The van der Waals surface area contributed by atoms with Crippen LogP contribution in [-0.2, 0) is 21.4 Å². The van der Waals surface area contributed by atoms with E-state index in [4.69, 9.17) is 11.6 Å². The zero-order chi connectivity index (χ0) is 18.4. The molecule has 0 saturated carbocycles. The van der Waals surface area contributed by atoms with Crippen LogP contribution in [0.2, 0.25) is 5.02 Å². The number of nitrogens with zero attached hydrogens (tertiary/aromatic N) is 1. The summed E-state index contributed by atoms with van der Waals surface area (Å²) in [5.74, 6) is -0.680. The molecule has 0 radical (unpaired) electrons. The van der Waals surface area contributed by atoms with E-state index in [2.05, 4.69) is 4.72 Å². The number of nitrogens with one attached hydrogen (secondary N) is 1. The van der Waals surface area contributed by atoms with E-state index in [-0.39, 0.29) is 36.1 Å². The highest BCUT2D eigenvalue weighted by Gasteiger charge is 2.16. The Labute approximate surface area is 151 Å². The first-order valence-electron chi connectivity index (χ1n) is 7.52. The average molecular weight is 385 g/mol. The fraction of sp³-hybridized carbons (Fsp3) is 0.235. The second kappa shape index (κ2) is 8.42. The van der Waals surface area contributed by atoms with Crippen LogP contribution in [0, 0.1) is 5.82 Å². The minimum absolute atomic E-state index is 0.0344. The summed E-state index contributed by atoms with van der Waals surface area (Å²) in [6, 6.07) is 12.0. The lowest BCUT2D eigenvalue weighted by atomic mass is 10.2. The number of rotatable bonds is 7. The van der Waals surface area contributed by atoms with Crippen molar-refractivity contribution in [2.45, 2.75) is 17.9 Å². The van der Waals surface area contributed by atoms with Gasteiger partial charge in [-0.2, -0.15) is 0 Å². The molecule has 2 aromatic carbocycles. The number of amides is 1. The Hall–Kier alpha value is -1.96. The van der Waals surface area contributed by atoms with Crippen LogP contribution in [0.3, 0.4) is 0 Å². The van der Waals surface area contributed by atoms with Crippen LogP contribution >= 0.6 is 11.6 Å². The van der Waals surface area contributed by atoms with E-state index in [1.54, 1.807) is 31.3 Å². The molecule has 134 valence electrons. The first-order valence-corrected chi connectivity index (χ1v) is 9.38. The third-order valence-corrected chi connectivity index (χ3v) is 5.22. The van der Waals surface area contributed by atoms with Crippen LogP contribution in [0.4, 0.5) is 4.39 Å². The zero-order valence-electron chi connectivity index (χ0n) is 13.6. The average Bonchev–Trinajstić information content (AvgIpc) is 2.56. The number of carbonyl (C=O) groups is 1. The Kier molecular flexibility index (Phi) is 6.52. The van der Waals surface area contributed by atoms with Crippen molar-refractivity contribution in [1.29, 1.82) is 0 Å². The summed E-state index contributed by atoms with van der Waals surface area (Å²) in [7, 11) is -2.19. The van der Waals surface area contributed by atoms with Crippen molar-refractivity contribution >= 4 is 27.5 Å². The molecular formula is C17H18ClFN2O3S. The Bertz CT molecular complexity index is 858. The van der Waals surface area contributed by atoms with Crippen LogP contribution < -0.4 is 4.72 Å². The van der Waals surface area contributed by atoms with Crippen molar-refractivity contribution in [2.75, 3.05) is 13.6 Å². The lowest BCUT2D eigenvalue weighted by molar-refractivity contribution is -0.130. The van der Waals surface area contributed by atoms with Gasteiger partial charge in [-0.05, 0) is 24.3 Å². The quantitative estimate of drug-likeness (QED) is 0.798. The number of hydrogen-bond acceptors (Lipinski definition) is 3. The Balaban J connectivity index is 1.88. The summed E-state index contributed by atoms with van der Waals surface area (Å²) in [6.45, 7) is 0.0574. The topological polar surface area (TPSA) is 66.5 Å². The first kappa shape index (κ1) is 19.4. The van der Waals surface area contributed by atoms with Crippen molar-refractivity contribution < 1.29 is 17.6 Å². The van der Waals surface area contributed by atoms with E-state index >= 15 is 0 Å². The van der Waals surface area contributed by atoms with Gasteiger partial charge in [-0.3, -0.25) is 4.79 Å². The van der Waals surface area contributed by atoms with Gasteiger partial charge in [0.25, 0.3) is 0 Å². The molecule has 0 aliphatic carbocycles. The predicted octanol–water partition coefficient (Wildman–Crippen LogP) is 2.81. The molecule has 2 aromatic rings. The second-order valence-electron chi connectivity index (χ2n) is 5.45. The van der Waals surface area contributed by atoms with Crippen molar-refractivity contribution in [1.82, 2.24) is 9.62 Å². The molecule has 0 bridgehead atoms. The Morgan fingerprint density at radius 1 is 1.20 bits per heavy atom. The first-order chi connectivity index (χ1) is 11.8. The molecule has 0 saturated heterocycles. The molecule has 0 fully saturated rings. The summed E-state index contributed by atoms with van der Waals surface area (Å²) in [5.41, 5.74) is 0.401. The minimum Gasteiger partial charge on any atom is -0.341 e. The smallest absolute Gasteiger partial charge is 0.240 e. The van der Waals surface area contributed by atoms with Crippen LogP contribution in [0.5, 0.6) is 0 Å². The normalized spacial score (nSPS) is 11.3. The summed E-state index contributed by atoms with van der Waals surface area (Å²) >= 11 is 5.78. The zero-order valence-corrected chi connectivity index (χ0v) is 15.1. The number of halogens is 2. The van der Waals surface area contributed by atoms with Gasteiger partial charge >= 0.3 is 0 Å². The highest BCUT2D eigenvalue weighted by molar-refractivity contribution is 7.89. The summed E-state index contributed by atoms with van der Waals surface area (Å²) in [4.78, 5) is 13.5. The Morgan fingerprint density at radius 2 is 1.92 bits per heavy atom. The van der Waals surface area contributed by atoms with Crippen molar-refractivity contribution in [3.63, 3.8) is 0 Å². The molecule has 0 unspecified atom stereocenters. The number of sulfonamides is 1. The van der Waals surface area contributed by atoms with Gasteiger partial charge < -0.3 is 4.90 Å². The van der Waals surface area contributed by atoms with Gasteiger partial charge in [0.2, 0.25) is 15.9 Å². The Morgan fingerprint density at radius 3 is 2.60 bits per heavy atom. The molecule has 1 N–H and O–H groups in total. The molecule has 5 nitrogen and oxygen atoms in total. The third-order valence-electron chi connectivity index (χ3n) is 3.53. The molecule has 0 heterocycles. The largest absolute Gasteiger partial charge is 0.341 e. The van der Waals surface area contributed by atoms with Crippen LogP contribution in [0.15, 0.2) is 53.4 Å². The maximum absolute atomic E-state index is 13.6. The summed E-state index contributed by atoms with van der Waals surface area (Å²) in [6.07, 6.45) is -0.0370. The third kappa shape index (κ3) is 5.52. The monoisotopic (exact) mass is 384 g/mol. The molecular weight excluding hydrogens is 367 g/mol. The van der Waals surface area contributed by atoms with Crippen LogP contribution in [0.1, 0.15) is 12.0 Å². The van der Waals surface area contributed by atoms with E-state index in [1.807, 2.05) is 0 Å². The van der Waals surface area contributed by atoms with E-state index < -0.39 is 10.0 Å². The summed E-state index contributed by atoms with van der Waals surface area (Å²) < 4.78 is 40.2. The van der Waals surface area contributed by atoms with Gasteiger partial charge in [0.1, 0.15) is 5.82 Å². The van der Waals surface area contributed by atoms with Crippen LogP contribution in [0.25, 0.3) is 0 Å². The van der Waals surface area contributed by atoms with Crippen LogP contribution in [-0.4, -0.2) is 32.8 Å². The maximum Gasteiger partial charge on any atom is 0.240 e. The SMILES string of the molecule is CN(Cc1ccccc1F)C(=O)CCNS(=O)(=O)c1cccc(Cl)c1. The van der Waals surface area contributed by atoms with Crippen molar-refractivity contribution in [2.24, 2.45) is 0 Å². The van der Waals surface area contributed by atoms with Gasteiger partial charge in [0, 0.05) is 37.1 Å². The molecule has 2 rings (SSSR count). The van der Waals surface area contributed by atoms with Gasteiger partial charge in [0.15, 0.2) is 0 Å². The standard InChI is InChI=1S/C17H18ClFN2O3S/c1-21(12-13-5-2-3-8-16(13)19)17(22)9-10-20-25(23,24)15-7-4-6-14(18)11-15/h2-8,11,20H,9-10,12H2,1H3. The summed E-state index contributed by atoms with van der Waals surface area (Å²) in [5, 5.41) is 0.309. The molecule has 0 spiro atoms. The molecule has 0 aliphatic rings. The van der Waals surface area contributed by atoms with Gasteiger partial charge in [-0.1, -0.05) is 35.9 Å². The number of benzene rings is 2. The molecule has 0 aromatic heterocycles. The molecule has 8 heteroatoms. The lowest BCUT2D eigenvalue weighted by Gasteiger charge is -2.18. The van der Waals surface area contributed by atoms with Gasteiger partial charge in [0.05, 0.1) is 4.90 Å². The maximum atomic E-state index is 13.6. The molecule has 1 amide bonds. The van der Waals surface area contributed by atoms with E-state index in [0.717, 1.165) is 0 Å². The highest BCUT2D eigenvalue weighted by atomic mass is 35.5.